The van der Waals surface area contributed by atoms with Crippen LogP contribution in [0, 0.1) is 0 Å². The highest BCUT2D eigenvalue weighted by Gasteiger charge is 2.34. The van der Waals surface area contributed by atoms with Gasteiger partial charge in [0.05, 0.1) is 24.9 Å². The molecule has 0 spiro atoms. The number of nitrogens with two attached hydrogens (primary N) is 1. The maximum absolute atomic E-state index is 12.4. The van der Waals surface area contributed by atoms with Gasteiger partial charge in [-0.3, -0.25) is 14.4 Å². The molecular formula is C15H28N4O9. The first-order valence-electron chi connectivity index (χ1n) is 8.38. The standard InChI is InChI=1S/C15H28N4O9/c1-5(21)9(16)12(24)18-11(7(3)23)14(26)19-10(6(2)22)13(25)17-8(4-20)15(27)28/h5-11,20-23H,4,16H2,1-3H3,(H,17,25)(H,18,24)(H,19,26)(H,27,28). The SMILES string of the molecule is CC(O)C(N)C(=O)NC(C(=O)NC(C(=O)NC(CO)C(=O)O)C(C)O)C(C)O. The quantitative estimate of drug-likeness (QED) is 0.158. The summed E-state index contributed by atoms with van der Waals surface area (Å²) in [4.78, 5) is 47.3. The number of nitrogens with one attached hydrogen (secondary N) is 3. The van der Waals surface area contributed by atoms with Gasteiger partial charge in [-0.15, -0.1) is 0 Å². The van der Waals surface area contributed by atoms with Crippen LogP contribution in [0.15, 0.2) is 0 Å². The topological polar surface area (TPSA) is 232 Å². The fourth-order valence-electron chi connectivity index (χ4n) is 1.97. The molecule has 28 heavy (non-hydrogen) atoms. The average Bonchev–Trinajstić information content (AvgIpc) is 2.59. The van der Waals surface area contributed by atoms with Crippen molar-refractivity contribution >= 4 is 23.7 Å². The Kier molecular flexibility index (Phi) is 10.6. The van der Waals surface area contributed by atoms with Crippen LogP contribution in [0.25, 0.3) is 0 Å². The van der Waals surface area contributed by atoms with Crippen LogP contribution in [0.4, 0.5) is 0 Å². The van der Waals surface area contributed by atoms with Crippen molar-refractivity contribution in [2.45, 2.75) is 63.3 Å². The minimum Gasteiger partial charge on any atom is -0.480 e. The molecule has 3 amide bonds. The number of aliphatic hydroxyl groups excluding tert-OH is 4. The van der Waals surface area contributed by atoms with Crippen LogP contribution < -0.4 is 21.7 Å². The van der Waals surface area contributed by atoms with Crippen LogP contribution in [0.3, 0.4) is 0 Å². The fourth-order valence-corrected chi connectivity index (χ4v) is 1.97. The molecule has 0 aliphatic carbocycles. The summed E-state index contributed by atoms with van der Waals surface area (Å²) in [6, 6.07) is -6.28. The summed E-state index contributed by atoms with van der Waals surface area (Å²) in [7, 11) is 0. The van der Waals surface area contributed by atoms with Crippen molar-refractivity contribution < 1.29 is 44.7 Å². The summed E-state index contributed by atoms with van der Waals surface area (Å²) in [5, 5.41) is 52.7. The normalized spacial score (nSPS) is 18.6. The third-order valence-electron chi connectivity index (χ3n) is 3.74. The second-order valence-corrected chi connectivity index (χ2v) is 6.30. The van der Waals surface area contributed by atoms with Gasteiger partial charge in [0.1, 0.15) is 24.2 Å². The zero-order valence-electron chi connectivity index (χ0n) is 15.7. The molecule has 13 heteroatoms. The number of hydrogen-bond donors (Lipinski definition) is 9. The Morgan fingerprint density at radius 3 is 1.50 bits per heavy atom. The molecule has 0 fully saturated rings. The lowest BCUT2D eigenvalue weighted by molar-refractivity contribution is -0.144. The minimum atomic E-state index is -1.66. The van der Waals surface area contributed by atoms with Gasteiger partial charge in [-0.1, -0.05) is 0 Å². The van der Waals surface area contributed by atoms with E-state index in [1.54, 1.807) is 0 Å². The smallest absolute Gasteiger partial charge is 0.328 e. The number of aliphatic hydroxyl groups is 4. The average molecular weight is 408 g/mol. The van der Waals surface area contributed by atoms with Gasteiger partial charge in [0, 0.05) is 0 Å². The molecule has 0 saturated heterocycles. The van der Waals surface area contributed by atoms with Gasteiger partial charge in [0.2, 0.25) is 17.7 Å². The van der Waals surface area contributed by atoms with Crippen LogP contribution in [0.2, 0.25) is 0 Å². The van der Waals surface area contributed by atoms with E-state index in [9.17, 15) is 34.5 Å². The summed E-state index contributed by atoms with van der Waals surface area (Å²) < 4.78 is 0. The van der Waals surface area contributed by atoms with Crippen LogP contribution in [0.1, 0.15) is 20.8 Å². The summed E-state index contributed by atoms with van der Waals surface area (Å²) in [5.41, 5.74) is 5.45. The van der Waals surface area contributed by atoms with Gasteiger partial charge in [0.25, 0.3) is 0 Å². The molecule has 0 aromatic carbocycles. The first kappa shape index (κ1) is 25.7. The van der Waals surface area contributed by atoms with E-state index in [-0.39, 0.29) is 0 Å². The van der Waals surface area contributed by atoms with Gasteiger partial charge in [-0.05, 0) is 20.8 Å². The van der Waals surface area contributed by atoms with Crippen LogP contribution in [-0.4, -0.2) is 98.3 Å². The van der Waals surface area contributed by atoms with Crippen molar-refractivity contribution in [1.29, 1.82) is 0 Å². The number of rotatable bonds is 11. The lowest BCUT2D eigenvalue weighted by atomic mass is 10.1. The molecule has 0 bridgehead atoms. The van der Waals surface area contributed by atoms with Gasteiger partial charge >= 0.3 is 5.97 Å². The largest absolute Gasteiger partial charge is 0.480 e. The van der Waals surface area contributed by atoms with Gasteiger partial charge in [-0.2, -0.15) is 0 Å². The van der Waals surface area contributed by atoms with Crippen LogP contribution in [-0.2, 0) is 19.2 Å². The maximum Gasteiger partial charge on any atom is 0.328 e. The Morgan fingerprint density at radius 2 is 1.18 bits per heavy atom. The summed E-state index contributed by atoms with van der Waals surface area (Å²) in [6.07, 6.45) is -4.16. The third-order valence-corrected chi connectivity index (χ3v) is 3.74. The number of carbonyl (C=O) groups is 4. The molecule has 13 nitrogen and oxygen atoms in total. The predicted octanol–water partition coefficient (Wildman–Crippen LogP) is -5.01. The highest BCUT2D eigenvalue weighted by Crippen LogP contribution is 2.01. The number of carbonyl (C=O) groups excluding carboxylic acids is 3. The van der Waals surface area contributed by atoms with Gasteiger partial charge < -0.3 is 47.2 Å². The monoisotopic (exact) mass is 408 g/mol. The van der Waals surface area contributed by atoms with E-state index in [2.05, 4.69) is 10.6 Å². The van der Waals surface area contributed by atoms with E-state index in [0.717, 1.165) is 6.92 Å². The van der Waals surface area contributed by atoms with Crippen molar-refractivity contribution in [3.8, 4) is 0 Å². The molecule has 0 heterocycles. The molecule has 0 aliphatic rings. The van der Waals surface area contributed by atoms with E-state index in [1.165, 1.54) is 13.8 Å². The van der Waals surface area contributed by atoms with Crippen molar-refractivity contribution in [1.82, 2.24) is 16.0 Å². The predicted molar refractivity (Wildman–Crippen MR) is 93.5 cm³/mol. The third kappa shape index (κ3) is 7.74. The second kappa shape index (κ2) is 11.5. The number of amides is 3. The van der Waals surface area contributed by atoms with E-state index < -0.39 is 72.8 Å². The van der Waals surface area contributed by atoms with Gasteiger partial charge in [0.15, 0.2) is 0 Å². The van der Waals surface area contributed by atoms with Crippen molar-refractivity contribution in [2.75, 3.05) is 6.61 Å². The van der Waals surface area contributed by atoms with Crippen molar-refractivity contribution in [3.05, 3.63) is 0 Å². The summed E-state index contributed by atoms with van der Waals surface area (Å²) in [6.45, 7) is 2.63. The van der Waals surface area contributed by atoms with Crippen LogP contribution in [0.5, 0.6) is 0 Å². The highest BCUT2D eigenvalue weighted by atomic mass is 16.4. The Hall–Kier alpha value is -2.32. The number of hydrogen-bond acceptors (Lipinski definition) is 9. The first-order valence-corrected chi connectivity index (χ1v) is 8.38. The number of aliphatic carboxylic acids is 1. The second-order valence-electron chi connectivity index (χ2n) is 6.30. The zero-order chi connectivity index (χ0) is 22.2. The van der Waals surface area contributed by atoms with E-state index >= 15 is 0 Å². The van der Waals surface area contributed by atoms with Crippen molar-refractivity contribution in [2.24, 2.45) is 5.73 Å². The Labute approximate surface area is 160 Å². The Bertz CT molecular complexity index is 568. The highest BCUT2D eigenvalue weighted by molar-refractivity contribution is 5.94. The molecule has 7 atom stereocenters. The molecule has 162 valence electrons. The molecule has 0 aromatic rings. The minimum absolute atomic E-state index is 0.925. The molecular weight excluding hydrogens is 380 g/mol. The lowest BCUT2D eigenvalue weighted by Gasteiger charge is -2.27. The fraction of sp³-hybridized carbons (Fsp3) is 0.733. The van der Waals surface area contributed by atoms with Gasteiger partial charge in [-0.25, -0.2) is 4.79 Å². The van der Waals surface area contributed by atoms with Crippen LogP contribution >= 0.6 is 0 Å². The summed E-state index contributed by atoms with van der Waals surface area (Å²) in [5.74, 6) is -4.66. The molecule has 0 rings (SSSR count). The maximum atomic E-state index is 12.4. The lowest BCUT2D eigenvalue weighted by Crippen LogP contribution is -2.62. The molecule has 0 aromatic heterocycles. The molecule has 7 unspecified atom stereocenters. The zero-order valence-corrected chi connectivity index (χ0v) is 15.7. The number of carboxylic acids is 1. The van der Waals surface area contributed by atoms with E-state index in [0.29, 0.717) is 0 Å². The molecule has 0 saturated carbocycles. The first-order chi connectivity index (χ1) is 12.8. The Balaban J connectivity index is 5.29. The summed E-state index contributed by atoms with van der Waals surface area (Å²) >= 11 is 0. The number of carboxylic acid groups (broad SMARTS) is 1. The van der Waals surface area contributed by atoms with E-state index in [4.69, 9.17) is 15.9 Å². The molecule has 10 N–H and O–H groups in total. The van der Waals surface area contributed by atoms with E-state index in [1.807, 2.05) is 5.32 Å². The Morgan fingerprint density at radius 1 is 0.786 bits per heavy atom. The van der Waals surface area contributed by atoms with Crippen molar-refractivity contribution in [3.63, 3.8) is 0 Å². The molecule has 0 radical (unpaired) electrons. The molecule has 0 aliphatic heterocycles.